The zero-order chi connectivity index (χ0) is 14.6. The van der Waals surface area contributed by atoms with Gasteiger partial charge in [0.25, 0.3) is 0 Å². The minimum atomic E-state index is 0.115. The van der Waals surface area contributed by atoms with Crippen LogP contribution in [-0.2, 0) is 6.54 Å². The third-order valence-electron chi connectivity index (χ3n) is 2.88. The Labute approximate surface area is 125 Å². The van der Waals surface area contributed by atoms with E-state index in [4.69, 9.17) is 0 Å². The van der Waals surface area contributed by atoms with E-state index in [9.17, 15) is 0 Å². The molecule has 4 heteroatoms. The lowest BCUT2D eigenvalue weighted by atomic mass is 10.1. The van der Waals surface area contributed by atoms with Gasteiger partial charge in [-0.15, -0.1) is 11.8 Å². The molecule has 2 aromatic rings. The van der Waals surface area contributed by atoms with E-state index >= 15 is 0 Å². The molecule has 0 saturated carbocycles. The standard InChI is InChI=1S/C16H23N3S/c1-5-20-14-8-6-12(7-9-14)15-17-10-13(19-15)11-18-16(2,3)4/h6-10,18H,5,11H2,1-4H3,(H,17,19). The minimum absolute atomic E-state index is 0.115. The van der Waals surface area contributed by atoms with E-state index in [0.29, 0.717) is 0 Å². The Morgan fingerprint density at radius 2 is 1.90 bits per heavy atom. The van der Waals surface area contributed by atoms with Gasteiger partial charge in [-0.05, 0) is 38.7 Å². The quantitative estimate of drug-likeness (QED) is 0.815. The molecule has 0 atom stereocenters. The lowest BCUT2D eigenvalue weighted by Gasteiger charge is -2.19. The van der Waals surface area contributed by atoms with Crippen LogP contribution >= 0.6 is 11.8 Å². The highest BCUT2D eigenvalue weighted by molar-refractivity contribution is 7.99. The topological polar surface area (TPSA) is 40.7 Å². The summed E-state index contributed by atoms with van der Waals surface area (Å²) in [5, 5.41) is 3.45. The molecule has 108 valence electrons. The lowest BCUT2D eigenvalue weighted by molar-refractivity contribution is 0.422. The van der Waals surface area contributed by atoms with E-state index in [1.807, 2.05) is 18.0 Å². The van der Waals surface area contributed by atoms with Crippen LogP contribution in [0.1, 0.15) is 33.4 Å². The molecule has 0 fully saturated rings. The van der Waals surface area contributed by atoms with Gasteiger partial charge >= 0.3 is 0 Å². The maximum atomic E-state index is 4.46. The van der Waals surface area contributed by atoms with Crippen LogP contribution in [0, 0.1) is 0 Å². The van der Waals surface area contributed by atoms with Crippen molar-refractivity contribution in [3.8, 4) is 11.4 Å². The Hall–Kier alpha value is -1.26. The molecule has 0 unspecified atom stereocenters. The number of imidazole rings is 1. The Kier molecular flexibility index (Phi) is 4.89. The molecule has 0 bridgehead atoms. The predicted octanol–water partition coefficient (Wildman–Crippen LogP) is 4.08. The number of thioether (sulfide) groups is 1. The maximum Gasteiger partial charge on any atom is 0.137 e. The highest BCUT2D eigenvalue weighted by atomic mass is 32.2. The van der Waals surface area contributed by atoms with Gasteiger partial charge in [-0.3, -0.25) is 0 Å². The van der Waals surface area contributed by atoms with Crippen molar-refractivity contribution in [3.63, 3.8) is 0 Å². The number of hydrogen-bond acceptors (Lipinski definition) is 3. The maximum absolute atomic E-state index is 4.46. The first kappa shape index (κ1) is 15.1. The second-order valence-electron chi connectivity index (χ2n) is 5.82. The normalized spacial score (nSPS) is 11.8. The monoisotopic (exact) mass is 289 g/mol. The van der Waals surface area contributed by atoms with E-state index in [0.717, 1.165) is 29.4 Å². The van der Waals surface area contributed by atoms with Crippen molar-refractivity contribution in [2.75, 3.05) is 5.75 Å². The molecular formula is C16H23N3S. The number of hydrogen-bond donors (Lipinski definition) is 2. The summed E-state index contributed by atoms with van der Waals surface area (Å²) < 4.78 is 0. The summed E-state index contributed by atoms with van der Waals surface area (Å²) in [7, 11) is 0. The smallest absolute Gasteiger partial charge is 0.137 e. The van der Waals surface area contributed by atoms with Gasteiger partial charge in [-0.1, -0.05) is 19.1 Å². The van der Waals surface area contributed by atoms with Gasteiger partial charge in [0.1, 0.15) is 5.82 Å². The zero-order valence-electron chi connectivity index (χ0n) is 12.7. The Morgan fingerprint density at radius 1 is 1.20 bits per heavy atom. The number of aromatic amines is 1. The fourth-order valence-electron chi connectivity index (χ4n) is 1.83. The molecule has 2 rings (SSSR count). The van der Waals surface area contributed by atoms with Crippen molar-refractivity contribution in [3.05, 3.63) is 36.2 Å². The lowest BCUT2D eigenvalue weighted by Crippen LogP contribution is -2.35. The molecule has 1 heterocycles. The number of H-pyrrole nitrogens is 1. The van der Waals surface area contributed by atoms with Gasteiger partial charge in [0.2, 0.25) is 0 Å². The van der Waals surface area contributed by atoms with E-state index in [1.54, 1.807) is 0 Å². The molecule has 0 aliphatic heterocycles. The molecule has 0 aliphatic rings. The first-order valence-corrected chi connectivity index (χ1v) is 7.98. The molecule has 0 radical (unpaired) electrons. The number of rotatable bonds is 5. The number of nitrogens with zero attached hydrogens (tertiary/aromatic N) is 1. The summed E-state index contributed by atoms with van der Waals surface area (Å²) >= 11 is 1.85. The zero-order valence-corrected chi connectivity index (χ0v) is 13.5. The van der Waals surface area contributed by atoms with Crippen LogP contribution in [0.2, 0.25) is 0 Å². The van der Waals surface area contributed by atoms with Crippen LogP contribution in [0.4, 0.5) is 0 Å². The summed E-state index contributed by atoms with van der Waals surface area (Å²) in [4.78, 5) is 9.14. The van der Waals surface area contributed by atoms with Crippen LogP contribution in [-0.4, -0.2) is 21.3 Å². The second kappa shape index (κ2) is 6.46. The molecule has 0 amide bonds. The van der Waals surface area contributed by atoms with Crippen LogP contribution < -0.4 is 5.32 Å². The minimum Gasteiger partial charge on any atom is -0.341 e. The van der Waals surface area contributed by atoms with E-state index < -0.39 is 0 Å². The van der Waals surface area contributed by atoms with Crippen molar-refractivity contribution in [1.82, 2.24) is 15.3 Å². The molecule has 0 saturated heterocycles. The molecular weight excluding hydrogens is 266 g/mol. The highest BCUT2D eigenvalue weighted by Gasteiger charge is 2.10. The number of benzene rings is 1. The van der Waals surface area contributed by atoms with Gasteiger partial charge in [0, 0.05) is 34.4 Å². The molecule has 1 aromatic heterocycles. The molecule has 0 spiro atoms. The molecule has 0 aliphatic carbocycles. The van der Waals surface area contributed by atoms with Crippen molar-refractivity contribution in [2.24, 2.45) is 0 Å². The molecule has 1 aromatic carbocycles. The van der Waals surface area contributed by atoms with Crippen LogP contribution in [0.15, 0.2) is 35.4 Å². The Balaban J connectivity index is 2.04. The fourth-order valence-corrected chi connectivity index (χ4v) is 2.49. The SMILES string of the molecule is CCSc1ccc(-c2ncc(CNC(C)(C)C)[nH]2)cc1. The Morgan fingerprint density at radius 3 is 2.50 bits per heavy atom. The van der Waals surface area contributed by atoms with Gasteiger partial charge < -0.3 is 10.3 Å². The van der Waals surface area contributed by atoms with Crippen molar-refractivity contribution in [2.45, 2.75) is 44.7 Å². The fraction of sp³-hybridized carbons (Fsp3) is 0.438. The summed E-state index contributed by atoms with van der Waals surface area (Å²) in [6, 6.07) is 8.55. The van der Waals surface area contributed by atoms with Crippen LogP contribution in [0.5, 0.6) is 0 Å². The van der Waals surface area contributed by atoms with E-state index in [1.165, 1.54) is 4.90 Å². The predicted molar refractivity (Wildman–Crippen MR) is 87.0 cm³/mol. The van der Waals surface area contributed by atoms with E-state index in [-0.39, 0.29) is 5.54 Å². The summed E-state index contributed by atoms with van der Waals surface area (Å²) in [6.45, 7) is 9.46. The molecule has 2 N–H and O–H groups in total. The van der Waals surface area contributed by atoms with Gasteiger partial charge in [-0.25, -0.2) is 4.98 Å². The third-order valence-corrected chi connectivity index (χ3v) is 3.77. The summed E-state index contributed by atoms with van der Waals surface area (Å²) in [5.74, 6) is 2.03. The van der Waals surface area contributed by atoms with E-state index in [2.05, 4.69) is 67.2 Å². The van der Waals surface area contributed by atoms with Crippen molar-refractivity contribution >= 4 is 11.8 Å². The summed E-state index contributed by atoms with van der Waals surface area (Å²) in [5.41, 5.74) is 2.36. The Bertz CT molecular complexity index is 538. The van der Waals surface area contributed by atoms with Crippen LogP contribution in [0.25, 0.3) is 11.4 Å². The first-order chi connectivity index (χ1) is 9.48. The third kappa shape index (κ3) is 4.39. The first-order valence-electron chi connectivity index (χ1n) is 7.00. The van der Waals surface area contributed by atoms with Gasteiger partial charge in [0.15, 0.2) is 0 Å². The summed E-state index contributed by atoms with van der Waals surface area (Å²) in [6.07, 6.45) is 1.91. The number of nitrogens with one attached hydrogen (secondary N) is 2. The number of aromatic nitrogens is 2. The molecule has 3 nitrogen and oxygen atoms in total. The van der Waals surface area contributed by atoms with Crippen molar-refractivity contribution < 1.29 is 0 Å². The van der Waals surface area contributed by atoms with Crippen molar-refractivity contribution in [1.29, 1.82) is 0 Å². The van der Waals surface area contributed by atoms with Crippen LogP contribution in [0.3, 0.4) is 0 Å². The highest BCUT2D eigenvalue weighted by Crippen LogP contribution is 2.22. The van der Waals surface area contributed by atoms with Gasteiger partial charge in [-0.2, -0.15) is 0 Å². The average Bonchev–Trinajstić information content (AvgIpc) is 2.86. The average molecular weight is 289 g/mol. The largest absolute Gasteiger partial charge is 0.341 e. The van der Waals surface area contributed by atoms with Gasteiger partial charge in [0.05, 0.1) is 0 Å². The molecule has 20 heavy (non-hydrogen) atoms. The second-order valence-corrected chi connectivity index (χ2v) is 7.16.